The molecule has 0 radical (unpaired) electrons. The lowest BCUT2D eigenvalue weighted by Gasteiger charge is -2.42. The smallest absolute Gasteiger partial charge is 0.274 e. The Morgan fingerprint density at radius 1 is 1.31 bits per heavy atom. The van der Waals surface area contributed by atoms with Crippen molar-refractivity contribution in [1.29, 1.82) is 0 Å². The first kappa shape index (κ1) is 24.3. The van der Waals surface area contributed by atoms with Crippen LogP contribution in [0.15, 0.2) is 29.2 Å². The molecule has 192 valence electrons. The number of hydrogen-bond acceptors (Lipinski definition) is 7. The minimum atomic E-state index is -1.07. The fourth-order valence-electron chi connectivity index (χ4n) is 5.42. The Balaban J connectivity index is 1.61. The number of carbonyl (C=O) groups excluding carboxylic acids is 2. The summed E-state index contributed by atoms with van der Waals surface area (Å²) in [6, 6.07) is 2.62. The maximum atomic E-state index is 14.4. The van der Waals surface area contributed by atoms with Crippen LogP contribution in [0.5, 0.6) is 5.75 Å². The van der Waals surface area contributed by atoms with Crippen molar-refractivity contribution in [2.75, 3.05) is 13.7 Å². The number of hydroxylamine groups is 2. The van der Waals surface area contributed by atoms with Crippen LogP contribution in [0, 0.1) is 11.6 Å². The second-order valence-electron chi connectivity index (χ2n) is 9.50. The molecule has 4 atom stereocenters. The number of fused-ring (bicyclic) bond motifs is 5. The molecule has 0 saturated carbocycles. The third-order valence-corrected chi connectivity index (χ3v) is 7.34. The van der Waals surface area contributed by atoms with E-state index in [1.165, 1.54) is 25.4 Å². The zero-order valence-corrected chi connectivity index (χ0v) is 20.1. The molecular weight excluding hydrogens is 476 g/mol. The SMILES string of the molecule is COc1c2n(cc(C(N)=O)c1=O)[C@@H]1CN(C2=O)[C@@H](C)CC[C@]12N[C@@H](C)N(Cc1ccc(F)cc1F)O2. The number of carbonyl (C=O) groups is 2. The van der Waals surface area contributed by atoms with E-state index in [9.17, 15) is 23.2 Å². The molecule has 2 aromatic rings. The van der Waals surface area contributed by atoms with E-state index in [-0.39, 0.29) is 47.9 Å². The summed E-state index contributed by atoms with van der Waals surface area (Å²) in [5, 5.41) is 5.03. The minimum Gasteiger partial charge on any atom is -0.491 e. The van der Waals surface area contributed by atoms with Crippen molar-refractivity contribution >= 4 is 11.8 Å². The molecule has 3 aliphatic heterocycles. The number of methoxy groups -OCH3 is 1. The van der Waals surface area contributed by atoms with Crippen LogP contribution >= 0.6 is 0 Å². The first-order chi connectivity index (χ1) is 17.1. The van der Waals surface area contributed by atoms with Gasteiger partial charge < -0.3 is 19.9 Å². The molecule has 3 aliphatic rings. The summed E-state index contributed by atoms with van der Waals surface area (Å²) in [4.78, 5) is 46.6. The molecular formula is C24H27F2N5O5. The number of nitrogens with two attached hydrogens (primary N) is 1. The van der Waals surface area contributed by atoms with Crippen molar-refractivity contribution in [3.05, 3.63) is 63.1 Å². The second-order valence-corrected chi connectivity index (χ2v) is 9.50. The Kier molecular flexibility index (Phi) is 5.85. The zero-order valence-electron chi connectivity index (χ0n) is 20.1. The van der Waals surface area contributed by atoms with Crippen LogP contribution in [-0.2, 0) is 11.4 Å². The van der Waals surface area contributed by atoms with E-state index in [1.807, 2.05) is 13.8 Å². The summed E-state index contributed by atoms with van der Waals surface area (Å²) < 4.78 is 34.6. The average Bonchev–Trinajstić information content (AvgIpc) is 3.08. The summed E-state index contributed by atoms with van der Waals surface area (Å²) in [5.74, 6) is -2.95. The second kappa shape index (κ2) is 8.64. The number of aromatic nitrogens is 1. The number of nitrogens with zero attached hydrogens (tertiary/aromatic N) is 3. The Morgan fingerprint density at radius 2 is 2.06 bits per heavy atom. The Labute approximate surface area is 205 Å². The van der Waals surface area contributed by atoms with Crippen LogP contribution in [0.2, 0.25) is 0 Å². The van der Waals surface area contributed by atoms with Gasteiger partial charge in [-0.25, -0.2) is 8.78 Å². The van der Waals surface area contributed by atoms with E-state index in [0.29, 0.717) is 12.8 Å². The van der Waals surface area contributed by atoms with Gasteiger partial charge in [0.25, 0.3) is 11.8 Å². The third kappa shape index (κ3) is 3.67. The molecule has 1 aromatic heterocycles. The van der Waals surface area contributed by atoms with Crippen molar-refractivity contribution < 1.29 is 27.9 Å². The van der Waals surface area contributed by atoms with Gasteiger partial charge >= 0.3 is 0 Å². The number of hydrogen-bond donors (Lipinski definition) is 2. The summed E-state index contributed by atoms with van der Waals surface area (Å²) in [6.07, 6.45) is 1.95. The normalized spacial score (nSPS) is 27.8. The fraction of sp³-hybridized carbons (Fsp3) is 0.458. The predicted octanol–water partition coefficient (Wildman–Crippen LogP) is 1.49. The van der Waals surface area contributed by atoms with Crippen molar-refractivity contribution in [2.45, 2.75) is 57.2 Å². The van der Waals surface area contributed by atoms with Gasteiger partial charge in [0.05, 0.1) is 25.9 Å². The fourth-order valence-corrected chi connectivity index (χ4v) is 5.42. The molecule has 0 unspecified atom stereocenters. The number of rotatable bonds is 4. The van der Waals surface area contributed by atoms with Crippen LogP contribution < -0.4 is 21.2 Å². The van der Waals surface area contributed by atoms with Crippen LogP contribution in [0.3, 0.4) is 0 Å². The van der Waals surface area contributed by atoms with E-state index < -0.39 is 40.6 Å². The molecule has 12 heteroatoms. The maximum Gasteiger partial charge on any atom is 0.274 e. The van der Waals surface area contributed by atoms with Gasteiger partial charge in [-0.15, -0.1) is 0 Å². The quantitative estimate of drug-likeness (QED) is 0.649. The lowest BCUT2D eigenvalue weighted by Crippen LogP contribution is -2.56. The van der Waals surface area contributed by atoms with E-state index >= 15 is 0 Å². The van der Waals surface area contributed by atoms with Gasteiger partial charge in [-0.05, 0) is 32.8 Å². The number of halogens is 2. The number of amides is 2. The lowest BCUT2D eigenvalue weighted by molar-refractivity contribution is -0.228. The number of nitrogens with one attached hydrogen (secondary N) is 1. The molecule has 2 bridgehead atoms. The van der Waals surface area contributed by atoms with E-state index in [2.05, 4.69) is 5.32 Å². The van der Waals surface area contributed by atoms with Gasteiger partial charge in [0.2, 0.25) is 5.43 Å². The highest BCUT2D eigenvalue weighted by Gasteiger charge is 2.55. The average molecular weight is 504 g/mol. The molecule has 1 aromatic carbocycles. The van der Waals surface area contributed by atoms with E-state index in [4.69, 9.17) is 15.3 Å². The van der Waals surface area contributed by atoms with E-state index in [0.717, 1.165) is 6.07 Å². The van der Waals surface area contributed by atoms with Gasteiger partial charge in [-0.2, -0.15) is 5.06 Å². The molecule has 2 fully saturated rings. The van der Waals surface area contributed by atoms with Gasteiger partial charge in [-0.1, -0.05) is 6.07 Å². The Morgan fingerprint density at radius 3 is 2.72 bits per heavy atom. The van der Waals surface area contributed by atoms with Gasteiger partial charge in [-0.3, -0.25) is 24.5 Å². The summed E-state index contributed by atoms with van der Waals surface area (Å²) in [6.45, 7) is 4.03. The zero-order chi connectivity index (χ0) is 25.9. The van der Waals surface area contributed by atoms with Crippen molar-refractivity contribution in [3.63, 3.8) is 0 Å². The van der Waals surface area contributed by atoms with Crippen LogP contribution in [0.4, 0.5) is 8.78 Å². The molecule has 3 N–H and O–H groups in total. The third-order valence-electron chi connectivity index (χ3n) is 7.34. The number of primary amides is 1. The molecule has 1 spiro atoms. The molecule has 4 heterocycles. The molecule has 10 nitrogen and oxygen atoms in total. The topological polar surface area (TPSA) is 119 Å². The van der Waals surface area contributed by atoms with Crippen molar-refractivity contribution in [1.82, 2.24) is 19.8 Å². The number of ether oxygens (including phenoxy) is 1. The highest BCUT2D eigenvalue weighted by molar-refractivity contribution is 5.99. The molecule has 2 saturated heterocycles. The van der Waals surface area contributed by atoms with E-state index in [1.54, 1.807) is 14.5 Å². The minimum absolute atomic E-state index is 0.0120. The lowest BCUT2D eigenvalue weighted by atomic mass is 9.96. The molecule has 0 aliphatic carbocycles. The predicted molar refractivity (Wildman–Crippen MR) is 123 cm³/mol. The van der Waals surface area contributed by atoms with Gasteiger partial charge in [0, 0.05) is 30.4 Å². The first-order valence-corrected chi connectivity index (χ1v) is 11.7. The summed E-state index contributed by atoms with van der Waals surface area (Å²) >= 11 is 0. The summed E-state index contributed by atoms with van der Waals surface area (Å²) in [7, 11) is 1.26. The monoisotopic (exact) mass is 503 g/mol. The number of benzene rings is 1. The largest absolute Gasteiger partial charge is 0.491 e. The van der Waals surface area contributed by atoms with Crippen LogP contribution in [0.1, 0.15) is 59.1 Å². The van der Waals surface area contributed by atoms with Gasteiger partial charge in [0.1, 0.15) is 17.2 Å². The molecule has 36 heavy (non-hydrogen) atoms. The standard InChI is InChI=1S/C24H27F2N5O5/c1-12-6-7-24(28-13(2)31(36-24)9-14-4-5-15(25)8-17(14)26)18-11-29(12)23(34)19-21(35-3)20(32)16(22(27)33)10-30(18)19/h4-5,8,10,12-13,18,28H,6-7,9,11H2,1-3H3,(H2,27,33)/t12-,13+,18+,24+/m0/s1. The molecule has 5 rings (SSSR count). The molecule has 2 amide bonds. The Bertz CT molecular complexity index is 1320. The first-order valence-electron chi connectivity index (χ1n) is 11.7. The van der Waals surface area contributed by atoms with Crippen LogP contribution in [-0.4, -0.2) is 57.9 Å². The highest BCUT2D eigenvalue weighted by atomic mass is 19.1. The summed E-state index contributed by atoms with van der Waals surface area (Å²) in [5.41, 5.74) is 3.61. The van der Waals surface area contributed by atoms with Crippen molar-refractivity contribution in [3.8, 4) is 5.75 Å². The Hall–Kier alpha value is -3.35. The van der Waals surface area contributed by atoms with Gasteiger partial charge in [0.15, 0.2) is 17.2 Å². The van der Waals surface area contributed by atoms with Crippen molar-refractivity contribution in [2.24, 2.45) is 5.73 Å². The maximum absolute atomic E-state index is 14.4. The highest BCUT2D eigenvalue weighted by Crippen LogP contribution is 2.44. The number of pyridine rings is 1. The van der Waals surface area contributed by atoms with Crippen LogP contribution in [0.25, 0.3) is 0 Å².